The van der Waals surface area contributed by atoms with Gasteiger partial charge in [0.1, 0.15) is 5.60 Å². The predicted octanol–water partition coefficient (Wildman–Crippen LogP) is 2.10. The number of likely N-dealkylation sites (tertiary alicyclic amines) is 1. The maximum Gasteiger partial charge on any atom is 0.333 e. The highest BCUT2D eigenvalue weighted by Crippen LogP contribution is 2.47. The highest BCUT2D eigenvalue weighted by atomic mass is 35.5. The minimum Gasteiger partial charge on any atom is -0.479 e. The lowest BCUT2D eigenvalue weighted by Crippen LogP contribution is -2.52. The van der Waals surface area contributed by atoms with Crippen LogP contribution in [0.2, 0.25) is 4.34 Å². The fraction of sp³-hybridized carbons (Fsp3) is 0.667. The Bertz CT molecular complexity index is 578. The van der Waals surface area contributed by atoms with Gasteiger partial charge in [0.25, 0.3) is 0 Å². The number of rotatable bonds is 3. The molecule has 0 aliphatic carbocycles. The smallest absolute Gasteiger partial charge is 0.333 e. The number of aliphatic hydroxyl groups excluding tert-OH is 1. The fourth-order valence-electron chi connectivity index (χ4n) is 3.55. The van der Waals surface area contributed by atoms with Gasteiger partial charge < -0.3 is 14.9 Å². The van der Waals surface area contributed by atoms with E-state index in [0.717, 1.165) is 23.6 Å². The molecule has 122 valence electrons. The number of β-amino-alcohol motifs (C(OH)–C–C–N with tert-alkyl or cyclic N) is 1. The van der Waals surface area contributed by atoms with E-state index in [1.165, 1.54) is 10.4 Å². The van der Waals surface area contributed by atoms with Crippen molar-refractivity contribution in [3.8, 4) is 0 Å². The van der Waals surface area contributed by atoms with Crippen molar-refractivity contribution in [3.05, 3.63) is 20.8 Å². The first-order chi connectivity index (χ1) is 10.4. The minimum atomic E-state index is -1.34. The second kappa shape index (κ2) is 6.09. The Morgan fingerprint density at radius 3 is 3.14 bits per heavy atom. The first-order valence-electron chi connectivity index (χ1n) is 7.49. The van der Waals surface area contributed by atoms with Crippen molar-refractivity contribution in [2.75, 3.05) is 19.7 Å². The van der Waals surface area contributed by atoms with E-state index in [2.05, 4.69) is 6.92 Å². The van der Waals surface area contributed by atoms with Crippen LogP contribution in [-0.4, -0.2) is 52.9 Å². The summed E-state index contributed by atoms with van der Waals surface area (Å²) in [5.74, 6) is -1.17. The zero-order valence-electron chi connectivity index (χ0n) is 12.4. The molecule has 3 rings (SSSR count). The monoisotopic (exact) mass is 345 g/mol. The average Bonchev–Trinajstić information content (AvgIpc) is 2.84. The number of fused-ring (bicyclic) bond motifs is 2. The molecule has 2 aliphatic heterocycles. The lowest BCUT2D eigenvalue weighted by atomic mass is 9.82. The molecule has 22 heavy (non-hydrogen) atoms. The van der Waals surface area contributed by atoms with Gasteiger partial charge in [-0.2, -0.15) is 0 Å². The average molecular weight is 346 g/mol. The molecule has 1 fully saturated rings. The number of carboxylic acids is 1. The summed E-state index contributed by atoms with van der Waals surface area (Å²) in [6.07, 6.45) is 1.16. The van der Waals surface area contributed by atoms with Gasteiger partial charge in [-0.15, -0.1) is 11.3 Å². The summed E-state index contributed by atoms with van der Waals surface area (Å²) in [6, 6.07) is 2.19. The van der Waals surface area contributed by atoms with Crippen LogP contribution in [0, 0.1) is 0 Å². The van der Waals surface area contributed by atoms with Crippen LogP contribution in [0.15, 0.2) is 6.07 Å². The SMILES string of the molecule is C[C@H]1C[C@@]2(CCN1C[C@@H](O)C(=O)O)OCCc1cc(Cl)sc12. The molecule has 0 radical (unpaired) electrons. The minimum absolute atomic E-state index is 0.148. The molecule has 1 aromatic rings. The number of thiophene rings is 1. The third-order valence-electron chi connectivity index (χ3n) is 4.69. The fourth-order valence-corrected chi connectivity index (χ4v) is 5.03. The molecule has 7 heteroatoms. The van der Waals surface area contributed by atoms with Gasteiger partial charge >= 0.3 is 5.97 Å². The molecule has 1 aromatic heterocycles. The maximum atomic E-state index is 10.8. The Labute approximate surface area is 138 Å². The summed E-state index contributed by atoms with van der Waals surface area (Å²) in [4.78, 5) is 14.1. The summed E-state index contributed by atoms with van der Waals surface area (Å²) in [5.41, 5.74) is 0.989. The number of hydrogen-bond acceptors (Lipinski definition) is 5. The number of piperidine rings is 1. The summed E-state index contributed by atoms with van der Waals surface area (Å²) in [6.45, 7) is 3.62. The first-order valence-corrected chi connectivity index (χ1v) is 8.68. The Balaban J connectivity index is 1.76. The van der Waals surface area contributed by atoms with Crippen LogP contribution in [-0.2, 0) is 21.6 Å². The van der Waals surface area contributed by atoms with Crippen LogP contribution in [0.5, 0.6) is 0 Å². The maximum absolute atomic E-state index is 10.8. The Kier molecular flexibility index (Phi) is 4.49. The highest BCUT2D eigenvalue weighted by molar-refractivity contribution is 7.16. The molecule has 0 unspecified atom stereocenters. The Morgan fingerprint density at radius 2 is 2.45 bits per heavy atom. The van der Waals surface area contributed by atoms with Crippen molar-refractivity contribution in [1.82, 2.24) is 4.90 Å². The zero-order valence-corrected chi connectivity index (χ0v) is 14.0. The summed E-state index contributed by atoms with van der Waals surface area (Å²) < 4.78 is 6.96. The second-order valence-electron chi connectivity index (χ2n) is 6.15. The van der Waals surface area contributed by atoms with Gasteiger partial charge in [-0.3, -0.25) is 4.90 Å². The zero-order chi connectivity index (χ0) is 15.9. The second-order valence-corrected chi connectivity index (χ2v) is 7.83. The van der Waals surface area contributed by atoms with Gasteiger partial charge in [0.05, 0.1) is 10.9 Å². The standard InChI is InChI=1S/C15H20ClNO4S/c1-9-7-15(3-4-17(9)8-11(18)14(19)20)13-10(2-5-21-15)6-12(16)22-13/h6,9,11,18H,2-5,7-8H2,1H3,(H,19,20)/t9-,11+,15+/m0/s1. The molecule has 3 heterocycles. The van der Waals surface area contributed by atoms with Crippen LogP contribution >= 0.6 is 22.9 Å². The number of carbonyl (C=O) groups is 1. The molecule has 0 saturated carbocycles. The van der Waals surface area contributed by atoms with E-state index < -0.39 is 12.1 Å². The van der Waals surface area contributed by atoms with Crippen molar-refractivity contribution in [2.24, 2.45) is 0 Å². The van der Waals surface area contributed by atoms with E-state index in [1.807, 2.05) is 11.0 Å². The van der Waals surface area contributed by atoms with Crippen LogP contribution < -0.4 is 0 Å². The summed E-state index contributed by atoms with van der Waals surface area (Å²) in [7, 11) is 0. The van der Waals surface area contributed by atoms with Gasteiger partial charge in [0.15, 0.2) is 6.10 Å². The molecule has 1 saturated heterocycles. The topological polar surface area (TPSA) is 70.0 Å². The van der Waals surface area contributed by atoms with Crippen molar-refractivity contribution in [3.63, 3.8) is 0 Å². The number of halogens is 1. The first kappa shape index (κ1) is 16.2. The molecular weight excluding hydrogens is 326 g/mol. The summed E-state index contributed by atoms with van der Waals surface area (Å²) >= 11 is 7.77. The Hall–Kier alpha value is -0.660. The number of aliphatic hydroxyl groups is 1. The van der Waals surface area contributed by atoms with Gasteiger partial charge in [-0.25, -0.2) is 4.79 Å². The van der Waals surface area contributed by atoms with Crippen molar-refractivity contribution >= 4 is 28.9 Å². The van der Waals surface area contributed by atoms with Gasteiger partial charge in [-0.05, 0) is 37.8 Å². The van der Waals surface area contributed by atoms with E-state index >= 15 is 0 Å². The number of carboxylic acid groups (broad SMARTS) is 1. The molecular formula is C15H20ClNO4S. The number of ether oxygens (including phenoxy) is 1. The van der Waals surface area contributed by atoms with Crippen LogP contribution in [0.3, 0.4) is 0 Å². The third-order valence-corrected chi connectivity index (χ3v) is 6.18. The van der Waals surface area contributed by atoms with Crippen LogP contribution in [0.25, 0.3) is 0 Å². The lowest BCUT2D eigenvalue weighted by Gasteiger charge is -2.47. The number of aliphatic carboxylic acids is 1. The van der Waals surface area contributed by atoms with Gasteiger partial charge in [0, 0.05) is 24.0 Å². The molecule has 1 spiro atoms. The molecule has 2 N–H and O–H groups in total. The van der Waals surface area contributed by atoms with E-state index in [-0.39, 0.29) is 18.2 Å². The van der Waals surface area contributed by atoms with Crippen molar-refractivity contribution < 1.29 is 19.7 Å². The van der Waals surface area contributed by atoms with Crippen LogP contribution in [0.1, 0.15) is 30.2 Å². The number of nitrogens with zero attached hydrogens (tertiary/aromatic N) is 1. The Morgan fingerprint density at radius 1 is 1.68 bits per heavy atom. The van der Waals surface area contributed by atoms with Gasteiger partial charge in [0.2, 0.25) is 0 Å². The van der Waals surface area contributed by atoms with Gasteiger partial charge in [-0.1, -0.05) is 11.6 Å². The molecule has 0 amide bonds. The quantitative estimate of drug-likeness (QED) is 0.878. The molecule has 5 nitrogen and oxygen atoms in total. The van der Waals surface area contributed by atoms with E-state index in [1.54, 1.807) is 11.3 Å². The van der Waals surface area contributed by atoms with E-state index in [9.17, 15) is 9.90 Å². The van der Waals surface area contributed by atoms with E-state index in [0.29, 0.717) is 13.2 Å². The largest absolute Gasteiger partial charge is 0.479 e. The van der Waals surface area contributed by atoms with Crippen LogP contribution in [0.4, 0.5) is 0 Å². The number of hydrogen-bond donors (Lipinski definition) is 2. The van der Waals surface area contributed by atoms with E-state index in [4.69, 9.17) is 21.4 Å². The molecule has 0 aromatic carbocycles. The molecule has 0 bridgehead atoms. The molecule has 3 atom stereocenters. The third kappa shape index (κ3) is 2.90. The van der Waals surface area contributed by atoms with Crippen molar-refractivity contribution in [2.45, 2.75) is 43.9 Å². The lowest BCUT2D eigenvalue weighted by molar-refractivity contribution is -0.150. The predicted molar refractivity (Wildman–Crippen MR) is 84.6 cm³/mol. The highest BCUT2D eigenvalue weighted by Gasteiger charge is 2.45. The normalized spacial score (nSPS) is 30.2. The molecule has 2 aliphatic rings. The van der Waals surface area contributed by atoms with Crippen molar-refractivity contribution in [1.29, 1.82) is 0 Å². The summed E-state index contributed by atoms with van der Waals surface area (Å²) in [5, 5.41) is 18.4.